The quantitative estimate of drug-likeness (QED) is 0.641. The normalized spacial score (nSPS) is 15.5. The molecule has 8 heteroatoms. The summed E-state index contributed by atoms with van der Waals surface area (Å²) in [4.78, 5) is 28.7. The molecule has 29 heavy (non-hydrogen) atoms. The maximum atomic E-state index is 13.9. The fourth-order valence-corrected chi connectivity index (χ4v) is 4.01. The largest absolute Gasteiger partial charge is 0.326 e. The number of amides is 2. The first kappa shape index (κ1) is 19.2. The first-order valence-electron chi connectivity index (χ1n) is 9.09. The van der Waals surface area contributed by atoms with E-state index in [1.807, 2.05) is 24.3 Å². The molecular formula is C21H17F2N3O2S. The van der Waals surface area contributed by atoms with Gasteiger partial charge in [-0.1, -0.05) is 18.2 Å². The molecule has 2 aromatic carbocycles. The SMILES string of the molecule is O=C(CCC1Cc2ccccc2NC1=O)Nc1nc(-c2cc(F)ccc2F)cs1. The summed E-state index contributed by atoms with van der Waals surface area (Å²) in [6, 6.07) is 10.7. The molecule has 0 saturated carbocycles. The number of rotatable bonds is 5. The Kier molecular flexibility index (Phi) is 5.35. The standard InChI is InChI=1S/C21H17F2N3O2S/c22-14-6-7-16(23)15(10-14)18-11-29-21(25-18)26-19(27)8-5-13-9-12-3-1-2-4-17(12)24-20(13)28/h1-4,6-7,10-11,13H,5,8-9H2,(H,24,28)(H,25,26,27). The highest BCUT2D eigenvalue weighted by atomic mass is 32.1. The number of hydrogen-bond donors (Lipinski definition) is 2. The molecule has 4 rings (SSSR count). The van der Waals surface area contributed by atoms with Gasteiger partial charge in [0.1, 0.15) is 11.6 Å². The van der Waals surface area contributed by atoms with Gasteiger partial charge in [-0.2, -0.15) is 0 Å². The highest BCUT2D eigenvalue weighted by Gasteiger charge is 2.26. The van der Waals surface area contributed by atoms with Gasteiger partial charge in [0.15, 0.2) is 5.13 Å². The Hall–Kier alpha value is -3.13. The smallest absolute Gasteiger partial charge is 0.227 e. The third kappa shape index (κ3) is 4.32. The molecule has 1 atom stereocenters. The molecule has 2 amide bonds. The number of aromatic nitrogens is 1. The number of halogens is 2. The van der Waals surface area contributed by atoms with Crippen LogP contribution in [0.3, 0.4) is 0 Å². The van der Waals surface area contributed by atoms with Crippen molar-refractivity contribution in [3.8, 4) is 11.3 Å². The van der Waals surface area contributed by atoms with Crippen molar-refractivity contribution in [3.63, 3.8) is 0 Å². The van der Waals surface area contributed by atoms with Gasteiger partial charge in [0.05, 0.1) is 5.69 Å². The van der Waals surface area contributed by atoms with Crippen LogP contribution < -0.4 is 10.6 Å². The Morgan fingerprint density at radius 3 is 2.93 bits per heavy atom. The van der Waals surface area contributed by atoms with Gasteiger partial charge in [-0.05, 0) is 42.7 Å². The molecule has 2 N–H and O–H groups in total. The lowest BCUT2D eigenvalue weighted by atomic mass is 9.89. The van der Waals surface area contributed by atoms with E-state index in [1.165, 1.54) is 0 Å². The van der Waals surface area contributed by atoms with Crippen LogP contribution in [0, 0.1) is 17.6 Å². The minimum Gasteiger partial charge on any atom is -0.326 e. The first-order chi connectivity index (χ1) is 14.0. The number of hydrogen-bond acceptors (Lipinski definition) is 4. The van der Waals surface area contributed by atoms with Crippen molar-refractivity contribution in [2.45, 2.75) is 19.3 Å². The fraction of sp³-hybridized carbons (Fsp3) is 0.190. The number of thiazole rings is 1. The molecule has 0 aliphatic carbocycles. The summed E-state index contributed by atoms with van der Waals surface area (Å²) in [6.07, 6.45) is 1.15. The second kappa shape index (κ2) is 8.08. The Bertz CT molecular complexity index is 1080. The molecule has 0 spiro atoms. The van der Waals surface area contributed by atoms with E-state index in [9.17, 15) is 18.4 Å². The number of fused-ring (bicyclic) bond motifs is 1. The van der Waals surface area contributed by atoms with Gasteiger partial charge in [0, 0.05) is 29.0 Å². The monoisotopic (exact) mass is 413 g/mol. The van der Waals surface area contributed by atoms with Crippen LogP contribution in [0.25, 0.3) is 11.3 Å². The summed E-state index contributed by atoms with van der Waals surface area (Å²) in [7, 11) is 0. The molecule has 0 fully saturated rings. The van der Waals surface area contributed by atoms with E-state index in [0.29, 0.717) is 18.0 Å². The van der Waals surface area contributed by atoms with Crippen molar-refractivity contribution in [3.05, 3.63) is 65.0 Å². The summed E-state index contributed by atoms with van der Waals surface area (Å²) in [6.45, 7) is 0. The van der Waals surface area contributed by atoms with Crippen LogP contribution in [0.1, 0.15) is 18.4 Å². The second-order valence-electron chi connectivity index (χ2n) is 6.80. The molecule has 148 valence electrons. The summed E-state index contributed by atoms with van der Waals surface area (Å²) in [5.41, 5.74) is 2.17. The molecule has 1 aliphatic heterocycles. The van der Waals surface area contributed by atoms with E-state index in [1.54, 1.807) is 5.38 Å². The number of carbonyl (C=O) groups is 2. The maximum Gasteiger partial charge on any atom is 0.227 e. The molecule has 5 nitrogen and oxygen atoms in total. The maximum absolute atomic E-state index is 13.9. The Balaban J connectivity index is 1.36. The number of anilines is 2. The lowest BCUT2D eigenvalue weighted by Crippen LogP contribution is -2.30. The number of benzene rings is 2. The van der Waals surface area contributed by atoms with E-state index in [-0.39, 0.29) is 35.4 Å². The summed E-state index contributed by atoms with van der Waals surface area (Å²) >= 11 is 1.13. The molecular weight excluding hydrogens is 396 g/mol. The number of para-hydroxylation sites is 1. The van der Waals surface area contributed by atoms with E-state index in [2.05, 4.69) is 15.6 Å². The number of nitrogens with one attached hydrogen (secondary N) is 2. The Labute approximate surface area is 169 Å². The average Bonchev–Trinajstić information content (AvgIpc) is 3.16. The van der Waals surface area contributed by atoms with Crippen LogP contribution in [-0.4, -0.2) is 16.8 Å². The lowest BCUT2D eigenvalue weighted by molar-refractivity contribution is -0.121. The van der Waals surface area contributed by atoms with Gasteiger partial charge in [-0.15, -0.1) is 11.3 Å². The predicted molar refractivity (Wildman–Crippen MR) is 108 cm³/mol. The fourth-order valence-electron chi connectivity index (χ4n) is 3.28. The van der Waals surface area contributed by atoms with Crippen molar-refractivity contribution in [1.29, 1.82) is 0 Å². The van der Waals surface area contributed by atoms with Crippen molar-refractivity contribution < 1.29 is 18.4 Å². The molecule has 1 aliphatic rings. The Morgan fingerprint density at radius 2 is 2.07 bits per heavy atom. The van der Waals surface area contributed by atoms with Crippen LogP contribution in [0.15, 0.2) is 47.8 Å². The zero-order valence-electron chi connectivity index (χ0n) is 15.2. The number of carbonyl (C=O) groups excluding carboxylic acids is 2. The minimum atomic E-state index is -0.585. The van der Waals surface area contributed by atoms with E-state index >= 15 is 0 Å². The van der Waals surface area contributed by atoms with Gasteiger partial charge in [0.25, 0.3) is 0 Å². The van der Waals surface area contributed by atoms with Gasteiger partial charge >= 0.3 is 0 Å². The third-order valence-electron chi connectivity index (χ3n) is 4.79. The molecule has 0 bridgehead atoms. The molecule has 3 aromatic rings. The third-order valence-corrected chi connectivity index (χ3v) is 5.54. The highest BCUT2D eigenvalue weighted by Crippen LogP contribution is 2.29. The zero-order chi connectivity index (χ0) is 20.4. The van der Waals surface area contributed by atoms with Gasteiger partial charge in [0.2, 0.25) is 11.8 Å². The highest BCUT2D eigenvalue weighted by molar-refractivity contribution is 7.14. The van der Waals surface area contributed by atoms with Crippen LogP contribution in [0.4, 0.5) is 19.6 Å². The molecule has 0 saturated heterocycles. The zero-order valence-corrected chi connectivity index (χ0v) is 16.1. The van der Waals surface area contributed by atoms with Crippen LogP contribution in [0.5, 0.6) is 0 Å². The van der Waals surface area contributed by atoms with Crippen molar-refractivity contribution in [2.24, 2.45) is 5.92 Å². The molecule has 1 aromatic heterocycles. The summed E-state index contributed by atoms with van der Waals surface area (Å²) in [5, 5.41) is 7.38. The Morgan fingerprint density at radius 1 is 1.24 bits per heavy atom. The van der Waals surface area contributed by atoms with Crippen LogP contribution in [-0.2, 0) is 16.0 Å². The molecule has 2 heterocycles. The molecule has 0 radical (unpaired) electrons. The van der Waals surface area contributed by atoms with Crippen molar-refractivity contribution in [2.75, 3.05) is 10.6 Å². The van der Waals surface area contributed by atoms with E-state index in [4.69, 9.17) is 0 Å². The van der Waals surface area contributed by atoms with Crippen LogP contribution in [0.2, 0.25) is 0 Å². The summed E-state index contributed by atoms with van der Waals surface area (Å²) in [5.74, 6) is -1.79. The minimum absolute atomic E-state index is 0.0410. The van der Waals surface area contributed by atoms with Crippen LogP contribution >= 0.6 is 11.3 Å². The summed E-state index contributed by atoms with van der Waals surface area (Å²) < 4.78 is 27.2. The van der Waals surface area contributed by atoms with E-state index in [0.717, 1.165) is 40.8 Å². The van der Waals surface area contributed by atoms with Crippen molar-refractivity contribution >= 4 is 34.0 Å². The first-order valence-corrected chi connectivity index (χ1v) is 9.97. The lowest BCUT2D eigenvalue weighted by Gasteiger charge is -2.24. The van der Waals surface area contributed by atoms with Crippen molar-refractivity contribution in [1.82, 2.24) is 4.98 Å². The average molecular weight is 413 g/mol. The molecule has 1 unspecified atom stereocenters. The van der Waals surface area contributed by atoms with Gasteiger partial charge < -0.3 is 10.6 Å². The topological polar surface area (TPSA) is 71.1 Å². The number of nitrogens with zero attached hydrogens (tertiary/aromatic N) is 1. The van der Waals surface area contributed by atoms with Gasteiger partial charge in [-0.3, -0.25) is 9.59 Å². The van der Waals surface area contributed by atoms with Gasteiger partial charge in [-0.25, -0.2) is 13.8 Å². The van der Waals surface area contributed by atoms with E-state index < -0.39 is 11.6 Å². The predicted octanol–water partition coefficient (Wildman–Crippen LogP) is 4.62. The second-order valence-corrected chi connectivity index (χ2v) is 7.65.